The Morgan fingerprint density at radius 2 is 2.00 bits per heavy atom. The monoisotopic (exact) mass is 172 g/mol. The van der Waals surface area contributed by atoms with Gasteiger partial charge in [0.25, 0.3) is 0 Å². The van der Waals surface area contributed by atoms with Gasteiger partial charge in [-0.25, -0.2) is 0 Å². The van der Waals surface area contributed by atoms with Gasteiger partial charge in [-0.3, -0.25) is 4.79 Å². The highest BCUT2D eigenvalue weighted by atomic mass is 16.2. The summed E-state index contributed by atoms with van der Waals surface area (Å²) in [5.41, 5.74) is 5.48. The van der Waals surface area contributed by atoms with Crippen molar-refractivity contribution in [3.8, 4) is 0 Å². The molecule has 0 aromatic rings. The van der Waals surface area contributed by atoms with E-state index in [-0.39, 0.29) is 11.9 Å². The lowest BCUT2D eigenvalue weighted by Gasteiger charge is -2.26. The second kappa shape index (κ2) is 5.14. The molecular formula is C9H20N2O. The normalized spacial score (nSPS) is 15.4. The SMILES string of the molecule is CCCC(C)N(C)C(=O)C(C)N. The number of likely N-dealkylation sites (N-methyl/N-ethyl adjacent to an activating group) is 1. The summed E-state index contributed by atoms with van der Waals surface area (Å²) in [5.74, 6) is 0.0240. The van der Waals surface area contributed by atoms with Gasteiger partial charge >= 0.3 is 0 Å². The van der Waals surface area contributed by atoms with E-state index in [1.165, 1.54) is 0 Å². The molecule has 0 heterocycles. The first-order chi connectivity index (χ1) is 5.50. The molecule has 0 aliphatic carbocycles. The molecule has 1 amide bonds. The fourth-order valence-corrected chi connectivity index (χ4v) is 1.15. The predicted molar refractivity (Wildman–Crippen MR) is 50.8 cm³/mol. The summed E-state index contributed by atoms with van der Waals surface area (Å²) >= 11 is 0. The lowest BCUT2D eigenvalue weighted by Crippen LogP contribution is -2.44. The third kappa shape index (κ3) is 3.22. The summed E-state index contributed by atoms with van der Waals surface area (Å²) in [6, 6.07) is -0.0807. The van der Waals surface area contributed by atoms with Crippen molar-refractivity contribution in [1.29, 1.82) is 0 Å². The van der Waals surface area contributed by atoms with E-state index in [0.29, 0.717) is 6.04 Å². The number of carbonyl (C=O) groups is 1. The lowest BCUT2D eigenvalue weighted by atomic mass is 10.1. The van der Waals surface area contributed by atoms with Crippen LogP contribution < -0.4 is 5.73 Å². The number of nitrogens with zero attached hydrogens (tertiary/aromatic N) is 1. The highest BCUT2D eigenvalue weighted by Gasteiger charge is 2.17. The zero-order valence-electron chi connectivity index (χ0n) is 8.50. The summed E-state index contributed by atoms with van der Waals surface area (Å²) in [6.45, 7) is 5.88. The predicted octanol–water partition coefficient (Wildman–Crippen LogP) is 0.981. The Morgan fingerprint density at radius 3 is 2.33 bits per heavy atom. The van der Waals surface area contributed by atoms with Crippen LogP contribution in [0.4, 0.5) is 0 Å². The van der Waals surface area contributed by atoms with Gasteiger partial charge in [0.15, 0.2) is 0 Å². The van der Waals surface area contributed by atoms with E-state index in [2.05, 4.69) is 6.92 Å². The van der Waals surface area contributed by atoms with Gasteiger partial charge in [-0.05, 0) is 20.3 Å². The smallest absolute Gasteiger partial charge is 0.239 e. The minimum absolute atomic E-state index is 0.0240. The van der Waals surface area contributed by atoms with Gasteiger partial charge in [0.2, 0.25) is 5.91 Å². The van der Waals surface area contributed by atoms with Crippen LogP contribution in [0.15, 0.2) is 0 Å². The third-order valence-electron chi connectivity index (χ3n) is 2.10. The first kappa shape index (κ1) is 11.4. The molecule has 0 bridgehead atoms. The van der Waals surface area contributed by atoms with Gasteiger partial charge in [-0.1, -0.05) is 13.3 Å². The fourth-order valence-electron chi connectivity index (χ4n) is 1.15. The molecule has 0 saturated heterocycles. The van der Waals surface area contributed by atoms with E-state index in [9.17, 15) is 4.79 Å². The van der Waals surface area contributed by atoms with Crippen LogP contribution in [0.2, 0.25) is 0 Å². The molecule has 0 spiro atoms. The van der Waals surface area contributed by atoms with Crippen molar-refractivity contribution in [2.24, 2.45) is 5.73 Å². The van der Waals surface area contributed by atoms with Crippen molar-refractivity contribution in [3.05, 3.63) is 0 Å². The number of nitrogens with two attached hydrogens (primary N) is 1. The standard InChI is InChI=1S/C9H20N2O/c1-5-6-7(2)11(4)9(12)8(3)10/h7-8H,5-6,10H2,1-4H3. The van der Waals surface area contributed by atoms with E-state index in [0.717, 1.165) is 12.8 Å². The molecule has 0 aromatic heterocycles. The number of carbonyl (C=O) groups excluding carboxylic acids is 1. The van der Waals surface area contributed by atoms with E-state index in [1.54, 1.807) is 11.8 Å². The van der Waals surface area contributed by atoms with Gasteiger partial charge in [0, 0.05) is 13.1 Å². The summed E-state index contributed by atoms with van der Waals surface area (Å²) in [7, 11) is 1.81. The van der Waals surface area contributed by atoms with Gasteiger partial charge in [-0.2, -0.15) is 0 Å². The van der Waals surface area contributed by atoms with Crippen LogP contribution >= 0.6 is 0 Å². The highest BCUT2D eigenvalue weighted by Crippen LogP contribution is 2.04. The van der Waals surface area contributed by atoms with E-state index >= 15 is 0 Å². The number of amides is 1. The Bertz CT molecular complexity index is 145. The molecule has 2 N–H and O–H groups in total. The summed E-state index contributed by atoms with van der Waals surface area (Å²) in [6.07, 6.45) is 2.13. The Labute approximate surface area is 74.9 Å². The van der Waals surface area contributed by atoms with Crippen LogP contribution in [0, 0.1) is 0 Å². The van der Waals surface area contributed by atoms with Crippen LogP contribution in [0.25, 0.3) is 0 Å². The molecule has 0 saturated carbocycles. The van der Waals surface area contributed by atoms with Gasteiger partial charge in [0.1, 0.15) is 0 Å². The Balaban J connectivity index is 4.00. The van der Waals surface area contributed by atoms with Crippen molar-refractivity contribution in [2.45, 2.75) is 45.7 Å². The quantitative estimate of drug-likeness (QED) is 0.687. The number of rotatable bonds is 4. The van der Waals surface area contributed by atoms with Crippen LogP contribution in [-0.2, 0) is 4.79 Å². The Kier molecular flexibility index (Phi) is 4.90. The maximum absolute atomic E-state index is 11.4. The molecule has 0 aromatic carbocycles. The van der Waals surface area contributed by atoms with Gasteiger partial charge in [-0.15, -0.1) is 0 Å². The van der Waals surface area contributed by atoms with Crippen LogP contribution in [0.1, 0.15) is 33.6 Å². The zero-order chi connectivity index (χ0) is 9.72. The minimum Gasteiger partial charge on any atom is -0.342 e. The highest BCUT2D eigenvalue weighted by molar-refractivity contribution is 5.81. The number of hydrogen-bond donors (Lipinski definition) is 1. The molecule has 0 fully saturated rings. The molecule has 0 aliphatic rings. The van der Waals surface area contributed by atoms with Crippen molar-refractivity contribution in [3.63, 3.8) is 0 Å². The largest absolute Gasteiger partial charge is 0.342 e. The molecule has 0 rings (SSSR count). The van der Waals surface area contributed by atoms with E-state index < -0.39 is 0 Å². The average Bonchev–Trinajstić information content (AvgIpc) is 2.02. The van der Waals surface area contributed by atoms with E-state index in [1.807, 2.05) is 14.0 Å². The molecular weight excluding hydrogens is 152 g/mol. The molecule has 0 aliphatic heterocycles. The lowest BCUT2D eigenvalue weighted by molar-refractivity contribution is -0.132. The zero-order valence-corrected chi connectivity index (χ0v) is 8.50. The third-order valence-corrected chi connectivity index (χ3v) is 2.10. The molecule has 3 heteroatoms. The van der Waals surface area contributed by atoms with E-state index in [4.69, 9.17) is 5.73 Å². The first-order valence-corrected chi connectivity index (χ1v) is 4.53. The second-order valence-electron chi connectivity index (χ2n) is 3.38. The van der Waals surface area contributed by atoms with Crippen LogP contribution in [-0.4, -0.2) is 29.9 Å². The maximum atomic E-state index is 11.4. The molecule has 12 heavy (non-hydrogen) atoms. The van der Waals surface area contributed by atoms with Gasteiger partial charge in [0.05, 0.1) is 6.04 Å². The van der Waals surface area contributed by atoms with Crippen molar-refractivity contribution < 1.29 is 4.79 Å². The summed E-state index contributed by atoms with van der Waals surface area (Å²) in [5, 5.41) is 0. The van der Waals surface area contributed by atoms with Crippen LogP contribution in [0.3, 0.4) is 0 Å². The second-order valence-corrected chi connectivity index (χ2v) is 3.38. The summed E-state index contributed by atoms with van der Waals surface area (Å²) in [4.78, 5) is 13.1. The Hall–Kier alpha value is -0.570. The Morgan fingerprint density at radius 1 is 1.50 bits per heavy atom. The minimum atomic E-state index is -0.380. The van der Waals surface area contributed by atoms with Crippen molar-refractivity contribution in [1.82, 2.24) is 4.90 Å². The topological polar surface area (TPSA) is 46.3 Å². The molecule has 0 radical (unpaired) electrons. The van der Waals surface area contributed by atoms with Crippen molar-refractivity contribution >= 4 is 5.91 Å². The van der Waals surface area contributed by atoms with Crippen molar-refractivity contribution in [2.75, 3.05) is 7.05 Å². The molecule has 72 valence electrons. The molecule has 3 nitrogen and oxygen atoms in total. The first-order valence-electron chi connectivity index (χ1n) is 4.53. The summed E-state index contributed by atoms with van der Waals surface area (Å²) < 4.78 is 0. The fraction of sp³-hybridized carbons (Fsp3) is 0.889. The molecule has 2 unspecified atom stereocenters. The number of hydrogen-bond acceptors (Lipinski definition) is 2. The maximum Gasteiger partial charge on any atom is 0.239 e. The van der Waals surface area contributed by atoms with Crippen LogP contribution in [0.5, 0.6) is 0 Å². The average molecular weight is 172 g/mol. The van der Waals surface area contributed by atoms with Gasteiger partial charge < -0.3 is 10.6 Å². The molecule has 2 atom stereocenters.